The second-order valence-electron chi connectivity index (χ2n) is 4.02. The van der Waals surface area contributed by atoms with Gasteiger partial charge in [-0.2, -0.15) is 0 Å². The average Bonchev–Trinajstić information content (AvgIpc) is 2.46. The van der Waals surface area contributed by atoms with Crippen LogP contribution >= 0.6 is 0 Å². The molecule has 0 saturated heterocycles. The lowest BCUT2D eigenvalue weighted by atomic mass is 10.0. The number of fused-ring (bicyclic) bond motifs is 1. The SMILES string of the molecule is COCc1c(C(O)C(=O)OC)ccc2c1OCCO2. The topological polar surface area (TPSA) is 74.2 Å². The van der Waals surface area contributed by atoms with Gasteiger partial charge in [-0.3, -0.25) is 0 Å². The molecule has 19 heavy (non-hydrogen) atoms. The molecular weight excluding hydrogens is 252 g/mol. The van der Waals surface area contributed by atoms with Gasteiger partial charge >= 0.3 is 5.97 Å². The molecule has 0 aliphatic carbocycles. The third-order valence-corrected chi connectivity index (χ3v) is 2.86. The molecule has 1 aromatic rings. The van der Waals surface area contributed by atoms with E-state index < -0.39 is 12.1 Å². The Morgan fingerprint density at radius 3 is 2.79 bits per heavy atom. The molecule has 6 heteroatoms. The summed E-state index contributed by atoms with van der Waals surface area (Å²) >= 11 is 0. The van der Waals surface area contributed by atoms with Crippen LogP contribution in [-0.4, -0.2) is 38.5 Å². The van der Waals surface area contributed by atoms with Crippen molar-refractivity contribution in [2.75, 3.05) is 27.4 Å². The van der Waals surface area contributed by atoms with E-state index >= 15 is 0 Å². The summed E-state index contributed by atoms with van der Waals surface area (Å²) in [5.41, 5.74) is 0.996. The van der Waals surface area contributed by atoms with Crippen molar-refractivity contribution in [1.82, 2.24) is 0 Å². The van der Waals surface area contributed by atoms with Crippen LogP contribution in [0.1, 0.15) is 17.2 Å². The normalized spacial score (nSPS) is 14.9. The molecule has 1 atom stereocenters. The Kier molecular flexibility index (Phi) is 4.24. The Bertz CT molecular complexity index is 470. The first-order valence-corrected chi connectivity index (χ1v) is 5.85. The molecule has 6 nitrogen and oxygen atoms in total. The number of benzene rings is 1. The van der Waals surface area contributed by atoms with Gasteiger partial charge in [-0.1, -0.05) is 6.07 Å². The lowest BCUT2D eigenvalue weighted by molar-refractivity contribution is -0.150. The number of esters is 1. The van der Waals surface area contributed by atoms with Gasteiger partial charge in [0.15, 0.2) is 17.6 Å². The molecule has 1 aliphatic rings. The molecule has 0 aromatic heterocycles. The summed E-state index contributed by atoms with van der Waals surface area (Å²) in [4.78, 5) is 11.5. The smallest absolute Gasteiger partial charge is 0.339 e. The minimum atomic E-state index is -1.37. The van der Waals surface area contributed by atoms with E-state index in [0.717, 1.165) is 0 Å². The van der Waals surface area contributed by atoms with Gasteiger partial charge in [0.25, 0.3) is 0 Å². The standard InChI is InChI=1S/C13H16O6/c1-16-7-9-8(11(14)13(15)17-2)3-4-10-12(9)19-6-5-18-10/h3-4,11,14H,5-7H2,1-2H3. The Balaban J connectivity index is 2.45. The van der Waals surface area contributed by atoms with Crippen molar-refractivity contribution in [3.8, 4) is 11.5 Å². The van der Waals surface area contributed by atoms with Crippen LogP contribution in [0.25, 0.3) is 0 Å². The molecule has 0 radical (unpaired) electrons. The monoisotopic (exact) mass is 268 g/mol. The van der Waals surface area contributed by atoms with E-state index in [1.807, 2.05) is 0 Å². The van der Waals surface area contributed by atoms with Crippen LogP contribution in [-0.2, 0) is 20.9 Å². The van der Waals surface area contributed by atoms with Crippen LogP contribution in [0, 0.1) is 0 Å². The molecule has 0 saturated carbocycles. The first kappa shape index (κ1) is 13.6. The number of aliphatic hydroxyl groups is 1. The molecular formula is C13H16O6. The van der Waals surface area contributed by atoms with E-state index in [-0.39, 0.29) is 6.61 Å². The van der Waals surface area contributed by atoms with Crippen molar-refractivity contribution in [2.45, 2.75) is 12.7 Å². The molecule has 1 unspecified atom stereocenters. The Morgan fingerprint density at radius 1 is 1.37 bits per heavy atom. The second-order valence-corrected chi connectivity index (χ2v) is 4.02. The molecule has 1 aromatic carbocycles. The molecule has 2 rings (SSSR count). The molecule has 1 N–H and O–H groups in total. The third-order valence-electron chi connectivity index (χ3n) is 2.86. The lowest BCUT2D eigenvalue weighted by Crippen LogP contribution is -2.20. The molecule has 0 bridgehead atoms. The summed E-state index contributed by atoms with van der Waals surface area (Å²) in [6, 6.07) is 3.28. The number of hydrogen-bond donors (Lipinski definition) is 1. The van der Waals surface area contributed by atoms with Crippen LogP contribution in [0.15, 0.2) is 12.1 Å². The van der Waals surface area contributed by atoms with Crippen LogP contribution in [0.5, 0.6) is 11.5 Å². The first-order valence-electron chi connectivity index (χ1n) is 5.85. The van der Waals surface area contributed by atoms with Crippen LogP contribution in [0.3, 0.4) is 0 Å². The molecule has 0 fully saturated rings. The van der Waals surface area contributed by atoms with Gasteiger partial charge < -0.3 is 24.1 Å². The van der Waals surface area contributed by atoms with Gasteiger partial charge in [0.2, 0.25) is 0 Å². The van der Waals surface area contributed by atoms with E-state index in [4.69, 9.17) is 14.2 Å². The largest absolute Gasteiger partial charge is 0.486 e. The maximum Gasteiger partial charge on any atom is 0.339 e. The van der Waals surface area contributed by atoms with Crippen molar-refractivity contribution in [3.63, 3.8) is 0 Å². The van der Waals surface area contributed by atoms with Gasteiger partial charge in [-0.05, 0) is 6.07 Å². The summed E-state index contributed by atoms with van der Waals surface area (Å²) in [7, 11) is 2.75. The molecule has 104 valence electrons. The number of rotatable bonds is 4. The van der Waals surface area contributed by atoms with Crippen molar-refractivity contribution in [2.24, 2.45) is 0 Å². The van der Waals surface area contributed by atoms with E-state index in [0.29, 0.717) is 35.8 Å². The fourth-order valence-corrected chi connectivity index (χ4v) is 1.98. The quantitative estimate of drug-likeness (QED) is 0.815. The van der Waals surface area contributed by atoms with E-state index in [2.05, 4.69) is 4.74 Å². The van der Waals surface area contributed by atoms with Crippen molar-refractivity contribution in [1.29, 1.82) is 0 Å². The predicted octanol–water partition coefficient (Wildman–Crippen LogP) is 0.811. The number of carbonyl (C=O) groups excluding carboxylic acids is 1. The molecule has 1 heterocycles. The van der Waals surface area contributed by atoms with Gasteiger partial charge in [0.1, 0.15) is 13.2 Å². The number of hydrogen-bond acceptors (Lipinski definition) is 6. The third kappa shape index (κ3) is 2.64. The number of carbonyl (C=O) groups is 1. The van der Waals surface area contributed by atoms with Gasteiger partial charge in [0, 0.05) is 18.2 Å². The van der Waals surface area contributed by atoms with E-state index in [1.54, 1.807) is 12.1 Å². The zero-order chi connectivity index (χ0) is 13.8. The van der Waals surface area contributed by atoms with Gasteiger partial charge in [-0.15, -0.1) is 0 Å². The Morgan fingerprint density at radius 2 is 2.11 bits per heavy atom. The van der Waals surface area contributed by atoms with Crippen LogP contribution in [0.4, 0.5) is 0 Å². The maximum atomic E-state index is 11.5. The fourth-order valence-electron chi connectivity index (χ4n) is 1.98. The number of methoxy groups -OCH3 is 2. The Hall–Kier alpha value is -1.79. The zero-order valence-corrected chi connectivity index (χ0v) is 10.8. The van der Waals surface area contributed by atoms with Crippen molar-refractivity contribution >= 4 is 5.97 Å². The Labute approximate surface area is 110 Å². The fraction of sp³-hybridized carbons (Fsp3) is 0.462. The van der Waals surface area contributed by atoms with E-state index in [9.17, 15) is 9.90 Å². The lowest BCUT2D eigenvalue weighted by Gasteiger charge is -2.24. The maximum absolute atomic E-state index is 11.5. The van der Waals surface area contributed by atoms with Gasteiger partial charge in [-0.25, -0.2) is 4.79 Å². The van der Waals surface area contributed by atoms with Crippen LogP contribution < -0.4 is 9.47 Å². The minimum absolute atomic E-state index is 0.204. The molecule has 0 spiro atoms. The predicted molar refractivity (Wildman–Crippen MR) is 65.1 cm³/mol. The summed E-state index contributed by atoms with van der Waals surface area (Å²) in [6.07, 6.45) is -1.37. The summed E-state index contributed by atoms with van der Waals surface area (Å²) in [5, 5.41) is 9.97. The molecule has 0 amide bonds. The minimum Gasteiger partial charge on any atom is -0.486 e. The summed E-state index contributed by atoms with van der Waals surface area (Å²) in [5.74, 6) is 0.363. The zero-order valence-electron chi connectivity index (χ0n) is 10.8. The van der Waals surface area contributed by atoms with E-state index in [1.165, 1.54) is 14.2 Å². The van der Waals surface area contributed by atoms with Gasteiger partial charge in [0.05, 0.1) is 13.7 Å². The molecule has 1 aliphatic heterocycles. The highest BCUT2D eigenvalue weighted by Crippen LogP contribution is 2.38. The summed E-state index contributed by atoms with van der Waals surface area (Å²) < 4.78 is 20.6. The average molecular weight is 268 g/mol. The van der Waals surface area contributed by atoms with Crippen molar-refractivity contribution in [3.05, 3.63) is 23.3 Å². The number of aliphatic hydroxyl groups excluding tert-OH is 1. The summed E-state index contributed by atoms with van der Waals surface area (Å²) in [6.45, 7) is 1.09. The first-order chi connectivity index (χ1) is 9.19. The second kappa shape index (κ2) is 5.90. The van der Waals surface area contributed by atoms with Crippen LogP contribution in [0.2, 0.25) is 0 Å². The highest BCUT2D eigenvalue weighted by Gasteiger charge is 2.26. The highest BCUT2D eigenvalue weighted by atomic mass is 16.6. The highest BCUT2D eigenvalue weighted by molar-refractivity contribution is 5.77. The number of ether oxygens (including phenoxy) is 4. The van der Waals surface area contributed by atoms with Crippen molar-refractivity contribution < 1.29 is 28.8 Å².